The summed E-state index contributed by atoms with van der Waals surface area (Å²) in [5, 5.41) is 15.3. The number of nitrogens with two attached hydrogens (primary N) is 1. The summed E-state index contributed by atoms with van der Waals surface area (Å²) in [5.74, 6) is -0.553. The SMILES string of the molecule is CC(C)(C)c1ccc2c(-c3c(N)ccc4ccccc34)c(O)c(C(=O)OC3CCCCC3)cc2c1. The second-order valence-electron chi connectivity index (χ2n) is 10.7. The number of hydrogen-bond donors (Lipinski definition) is 2. The van der Waals surface area contributed by atoms with Crippen LogP contribution < -0.4 is 5.73 Å². The Morgan fingerprint density at radius 3 is 2.34 bits per heavy atom. The molecule has 0 aromatic heterocycles. The molecule has 4 aromatic rings. The Labute approximate surface area is 206 Å². The number of carbonyl (C=O) groups is 1. The predicted octanol–water partition coefficient (Wildman–Crippen LogP) is 7.73. The zero-order chi connectivity index (χ0) is 24.7. The lowest BCUT2D eigenvalue weighted by Crippen LogP contribution is -2.21. The number of esters is 1. The maximum absolute atomic E-state index is 13.4. The minimum Gasteiger partial charge on any atom is -0.506 e. The second kappa shape index (κ2) is 8.92. The van der Waals surface area contributed by atoms with E-state index in [9.17, 15) is 9.90 Å². The minimum absolute atomic E-state index is 0.0620. The zero-order valence-corrected chi connectivity index (χ0v) is 20.7. The molecule has 1 aliphatic rings. The van der Waals surface area contributed by atoms with Crippen LogP contribution in [0.1, 0.15) is 68.8 Å². The third-order valence-corrected chi connectivity index (χ3v) is 7.24. The summed E-state index contributed by atoms with van der Waals surface area (Å²) in [6.07, 6.45) is 4.95. The highest BCUT2D eigenvalue weighted by Crippen LogP contribution is 2.46. The number of benzene rings is 4. The molecule has 0 bridgehead atoms. The number of nitrogen functional groups attached to an aromatic ring is 1. The van der Waals surface area contributed by atoms with Crippen LogP contribution in [0.2, 0.25) is 0 Å². The smallest absolute Gasteiger partial charge is 0.342 e. The van der Waals surface area contributed by atoms with Gasteiger partial charge in [0.1, 0.15) is 17.4 Å². The number of hydrogen-bond acceptors (Lipinski definition) is 4. The van der Waals surface area contributed by atoms with E-state index >= 15 is 0 Å². The Morgan fingerprint density at radius 2 is 1.60 bits per heavy atom. The Morgan fingerprint density at radius 1 is 0.886 bits per heavy atom. The van der Waals surface area contributed by atoms with Crippen molar-refractivity contribution in [3.8, 4) is 16.9 Å². The van der Waals surface area contributed by atoms with Gasteiger partial charge in [-0.05, 0) is 70.3 Å². The van der Waals surface area contributed by atoms with E-state index in [0.29, 0.717) is 11.3 Å². The number of carbonyl (C=O) groups excluding carboxylic acids is 1. The Balaban J connectivity index is 1.77. The summed E-state index contributed by atoms with van der Waals surface area (Å²) in [6.45, 7) is 6.49. The average molecular weight is 468 g/mol. The fraction of sp³-hybridized carbons (Fsp3) is 0.323. The molecular formula is C31H33NO3. The molecule has 1 saturated carbocycles. The van der Waals surface area contributed by atoms with Crippen molar-refractivity contribution in [2.24, 2.45) is 0 Å². The van der Waals surface area contributed by atoms with Crippen molar-refractivity contribution < 1.29 is 14.6 Å². The van der Waals surface area contributed by atoms with Crippen molar-refractivity contribution in [2.75, 3.05) is 5.73 Å². The van der Waals surface area contributed by atoms with Crippen LogP contribution in [-0.4, -0.2) is 17.2 Å². The van der Waals surface area contributed by atoms with E-state index in [1.54, 1.807) is 6.07 Å². The van der Waals surface area contributed by atoms with E-state index in [4.69, 9.17) is 10.5 Å². The number of anilines is 1. The van der Waals surface area contributed by atoms with Gasteiger partial charge in [0.05, 0.1) is 0 Å². The molecule has 4 nitrogen and oxygen atoms in total. The van der Waals surface area contributed by atoms with Gasteiger partial charge in [-0.1, -0.05) is 75.7 Å². The van der Waals surface area contributed by atoms with Crippen molar-refractivity contribution >= 4 is 33.2 Å². The quantitative estimate of drug-likeness (QED) is 0.239. The van der Waals surface area contributed by atoms with Crippen LogP contribution in [0.4, 0.5) is 5.69 Å². The third kappa shape index (κ3) is 4.34. The molecule has 0 saturated heterocycles. The maximum atomic E-state index is 13.4. The average Bonchev–Trinajstić information content (AvgIpc) is 2.84. The topological polar surface area (TPSA) is 72.5 Å². The summed E-state index contributed by atoms with van der Waals surface area (Å²) in [5.41, 5.74) is 9.68. The van der Waals surface area contributed by atoms with Gasteiger partial charge in [0.25, 0.3) is 0 Å². The first-order valence-corrected chi connectivity index (χ1v) is 12.5. The standard InChI is InChI=1S/C31H33NO3/c1-31(2,3)21-14-15-24-20(17-21)18-25(30(34)35-22-10-5-4-6-11-22)29(33)28(24)27-23-12-8-7-9-19(23)13-16-26(27)32/h7-9,12-18,22,33H,4-6,10-11,32H2,1-3H3. The van der Waals surface area contributed by atoms with Gasteiger partial charge < -0.3 is 15.6 Å². The van der Waals surface area contributed by atoms with Gasteiger partial charge >= 0.3 is 5.97 Å². The molecule has 1 fully saturated rings. The highest BCUT2D eigenvalue weighted by Gasteiger charge is 2.26. The van der Waals surface area contributed by atoms with Gasteiger partial charge in [0.15, 0.2) is 0 Å². The van der Waals surface area contributed by atoms with Crippen LogP contribution in [0.5, 0.6) is 5.75 Å². The molecule has 0 heterocycles. The molecule has 0 aliphatic heterocycles. The number of aromatic hydroxyl groups is 1. The van der Waals surface area contributed by atoms with Gasteiger partial charge in [-0.3, -0.25) is 0 Å². The molecule has 0 radical (unpaired) electrons. The number of fused-ring (bicyclic) bond motifs is 2. The van der Waals surface area contributed by atoms with Crippen molar-refractivity contribution in [1.82, 2.24) is 0 Å². The molecule has 4 aromatic carbocycles. The van der Waals surface area contributed by atoms with Crippen LogP contribution in [-0.2, 0) is 10.2 Å². The first kappa shape index (κ1) is 23.2. The third-order valence-electron chi connectivity index (χ3n) is 7.24. The monoisotopic (exact) mass is 467 g/mol. The molecule has 0 unspecified atom stereocenters. The lowest BCUT2D eigenvalue weighted by molar-refractivity contribution is 0.0208. The minimum atomic E-state index is -0.475. The van der Waals surface area contributed by atoms with Gasteiger partial charge in [-0.15, -0.1) is 0 Å². The normalized spacial score (nSPS) is 14.9. The zero-order valence-electron chi connectivity index (χ0n) is 20.7. The summed E-state index contributed by atoms with van der Waals surface area (Å²) in [4.78, 5) is 13.4. The Hall–Kier alpha value is -3.53. The molecule has 0 atom stereocenters. The summed E-state index contributed by atoms with van der Waals surface area (Å²) in [6, 6.07) is 19.8. The number of phenols is 1. The van der Waals surface area contributed by atoms with Gasteiger partial charge in [-0.25, -0.2) is 4.79 Å². The highest BCUT2D eigenvalue weighted by molar-refractivity contribution is 6.14. The number of phenolic OH excluding ortho intramolecular Hbond substituents is 1. The molecule has 35 heavy (non-hydrogen) atoms. The van der Waals surface area contributed by atoms with E-state index in [1.165, 1.54) is 6.42 Å². The van der Waals surface area contributed by atoms with Crippen molar-refractivity contribution in [3.05, 3.63) is 71.8 Å². The molecule has 4 heteroatoms. The highest BCUT2D eigenvalue weighted by atomic mass is 16.5. The largest absolute Gasteiger partial charge is 0.506 e. The van der Waals surface area contributed by atoms with Crippen LogP contribution in [0, 0.1) is 0 Å². The van der Waals surface area contributed by atoms with Crippen LogP contribution in [0.3, 0.4) is 0 Å². The molecule has 180 valence electrons. The molecule has 0 amide bonds. The first-order chi connectivity index (χ1) is 16.7. The fourth-order valence-electron chi connectivity index (χ4n) is 5.24. The van der Waals surface area contributed by atoms with Crippen LogP contribution >= 0.6 is 0 Å². The first-order valence-electron chi connectivity index (χ1n) is 12.5. The molecule has 1 aliphatic carbocycles. The molecule has 5 rings (SSSR count). The van der Waals surface area contributed by atoms with Crippen LogP contribution in [0.15, 0.2) is 60.7 Å². The number of rotatable bonds is 3. The van der Waals surface area contributed by atoms with E-state index < -0.39 is 5.97 Å². The van der Waals surface area contributed by atoms with Crippen molar-refractivity contribution in [1.29, 1.82) is 0 Å². The molecular weight excluding hydrogens is 434 g/mol. The van der Waals surface area contributed by atoms with Crippen LogP contribution in [0.25, 0.3) is 32.7 Å². The second-order valence-corrected chi connectivity index (χ2v) is 10.7. The summed E-state index contributed by atoms with van der Waals surface area (Å²) in [7, 11) is 0. The predicted molar refractivity (Wildman–Crippen MR) is 144 cm³/mol. The molecule has 3 N–H and O–H groups in total. The lowest BCUT2D eigenvalue weighted by atomic mass is 9.83. The van der Waals surface area contributed by atoms with E-state index in [-0.39, 0.29) is 22.8 Å². The summed E-state index contributed by atoms with van der Waals surface area (Å²) >= 11 is 0. The number of ether oxygens (including phenoxy) is 1. The molecule has 0 spiro atoms. The van der Waals surface area contributed by atoms with Gasteiger partial charge in [-0.2, -0.15) is 0 Å². The maximum Gasteiger partial charge on any atom is 0.342 e. The van der Waals surface area contributed by atoms with Crippen molar-refractivity contribution in [2.45, 2.75) is 64.4 Å². The van der Waals surface area contributed by atoms with Gasteiger partial charge in [0.2, 0.25) is 0 Å². The van der Waals surface area contributed by atoms with E-state index in [0.717, 1.165) is 58.4 Å². The van der Waals surface area contributed by atoms with E-state index in [1.807, 2.05) is 42.5 Å². The van der Waals surface area contributed by atoms with E-state index in [2.05, 4.69) is 32.9 Å². The Kier molecular flexibility index (Phi) is 5.92. The van der Waals surface area contributed by atoms with Gasteiger partial charge in [0, 0.05) is 16.8 Å². The Bertz CT molecular complexity index is 1430. The fourth-order valence-corrected chi connectivity index (χ4v) is 5.24. The summed E-state index contributed by atoms with van der Waals surface area (Å²) < 4.78 is 5.88. The van der Waals surface area contributed by atoms with Crippen molar-refractivity contribution in [3.63, 3.8) is 0 Å². The lowest BCUT2D eigenvalue weighted by Gasteiger charge is -2.24.